The van der Waals surface area contributed by atoms with Gasteiger partial charge in [0.2, 0.25) is 5.91 Å². The van der Waals surface area contributed by atoms with Gasteiger partial charge in [-0.15, -0.1) is 0 Å². The fourth-order valence-electron chi connectivity index (χ4n) is 5.85. The highest BCUT2D eigenvalue weighted by Crippen LogP contribution is 2.54. The zero-order chi connectivity index (χ0) is 23.4. The Morgan fingerprint density at radius 2 is 1.71 bits per heavy atom. The highest BCUT2D eigenvalue weighted by molar-refractivity contribution is 5.81. The number of rotatable bonds is 5. The molecule has 0 bridgehead atoms. The molecule has 1 spiro atoms. The molecule has 3 heterocycles. The van der Waals surface area contributed by atoms with Crippen LogP contribution in [0, 0.1) is 11.2 Å². The second-order valence-corrected chi connectivity index (χ2v) is 10.4. The van der Waals surface area contributed by atoms with Crippen molar-refractivity contribution in [1.82, 2.24) is 29.5 Å². The number of halogens is 1. The van der Waals surface area contributed by atoms with E-state index in [4.69, 9.17) is 5.73 Å². The largest absolute Gasteiger partial charge is 0.368 e. The first kappa shape index (κ1) is 21.5. The maximum atomic E-state index is 13.3. The molecule has 4 aliphatic rings. The van der Waals surface area contributed by atoms with E-state index in [1.807, 2.05) is 25.7 Å². The Kier molecular flexibility index (Phi) is 5.09. The number of likely N-dealkylation sites (tertiary alicyclic amines) is 1. The molecule has 6 rings (SSSR count). The fraction of sp³-hybridized carbons (Fsp3) is 0.583. The molecule has 1 aromatic heterocycles. The summed E-state index contributed by atoms with van der Waals surface area (Å²) in [5.41, 5.74) is 6.57. The summed E-state index contributed by atoms with van der Waals surface area (Å²) in [5, 5.41) is 4.67. The number of nitrogens with zero attached hydrogens (tertiary/aromatic N) is 6. The van der Waals surface area contributed by atoms with E-state index in [-0.39, 0.29) is 17.3 Å². The summed E-state index contributed by atoms with van der Waals surface area (Å²) in [7, 11) is 0. The van der Waals surface area contributed by atoms with Crippen LogP contribution in [-0.2, 0) is 4.79 Å². The summed E-state index contributed by atoms with van der Waals surface area (Å²) in [6.45, 7) is 3.77. The molecule has 1 aromatic carbocycles. The van der Waals surface area contributed by atoms with E-state index in [2.05, 4.69) is 10.1 Å². The van der Waals surface area contributed by atoms with Crippen LogP contribution in [0.3, 0.4) is 0 Å². The molecule has 1 atom stereocenters. The zero-order valence-corrected chi connectivity index (χ0v) is 19.1. The van der Waals surface area contributed by atoms with Crippen LogP contribution >= 0.6 is 0 Å². The van der Waals surface area contributed by atoms with Gasteiger partial charge in [0.25, 0.3) is 0 Å². The number of hydrogen-bond acceptors (Lipinski definition) is 5. The van der Waals surface area contributed by atoms with Crippen molar-refractivity contribution in [1.29, 1.82) is 0 Å². The lowest BCUT2D eigenvalue weighted by Crippen LogP contribution is -2.67. The second kappa shape index (κ2) is 8.04. The van der Waals surface area contributed by atoms with Gasteiger partial charge in [0.1, 0.15) is 18.2 Å². The normalized spacial score (nSPS) is 23.4. The molecular weight excluding hydrogens is 437 g/mol. The van der Waals surface area contributed by atoms with Gasteiger partial charge in [-0.25, -0.2) is 18.9 Å². The smallest absolute Gasteiger partial charge is 0.320 e. The van der Waals surface area contributed by atoms with Crippen molar-refractivity contribution in [3.05, 3.63) is 47.8 Å². The molecular formula is C24H30FN7O2. The maximum Gasteiger partial charge on any atom is 0.320 e. The van der Waals surface area contributed by atoms with Crippen LogP contribution in [0.2, 0.25) is 0 Å². The molecule has 0 radical (unpaired) electrons. The minimum Gasteiger partial charge on any atom is -0.368 e. The minimum atomic E-state index is -0.616. The first-order valence-electron chi connectivity index (χ1n) is 12.1. The quantitative estimate of drug-likeness (QED) is 0.724. The Morgan fingerprint density at radius 1 is 1.03 bits per heavy atom. The summed E-state index contributed by atoms with van der Waals surface area (Å²) < 4.78 is 15.3. The lowest BCUT2D eigenvalue weighted by molar-refractivity contribution is -0.124. The van der Waals surface area contributed by atoms with E-state index in [9.17, 15) is 14.0 Å². The SMILES string of the molecule is NC(=O)C(c1ccc(F)cc1)N1CCN(C(=O)N2CC3(CC(n4cnc(C5CC5)n4)C3)C2)CC1. The van der Waals surface area contributed by atoms with Gasteiger partial charge in [0, 0.05) is 50.6 Å². The van der Waals surface area contributed by atoms with Gasteiger partial charge >= 0.3 is 6.03 Å². The number of urea groups is 1. The van der Waals surface area contributed by atoms with E-state index in [0.29, 0.717) is 43.7 Å². The van der Waals surface area contributed by atoms with Crippen molar-refractivity contribution >= 4 is 11.9 Å². The van der Waals surface area contributed by atoms with E-state index >= 15 is 0 Å². The summed E-state index contributed by atoms with van der Waals surface area (Å²) in [6.07, 6.45) is 6.39. The van der Waals surface area contributed by atoms with Gasteiger partial charge < -0.3 is 15.5 Å². The second-order valence-electron chi connectivity index (χ2n) is 10.4. The van der Waals surface area contributed by atoms with Crippen molar-refractivity contribution in [2.45, 2.75) is 43.7 Å². The number of benzene rings is 1. The van der Waals surface area contributed by atoms with E-state index in [0.717, 1.165) is 31.8 Å². The van der Waals surface area contributed by atoms with Gasteiger partial charge in [0.15, 0.2) is 5.82 Å². The van der Waals surface area contributed by atoms with E-state index in [1.165, 1.54) is 25.0 Å². The lowest BCUT2D eigenvalue weighted by Gasteiger charge is -2.59. The Morgan fingerprint density at radius 3 is 2.32 bits per heavy atom. The molecule has 180 valence electrons. The molecule has 2 saturated heterocycles. The van der Waals surface area contributed by atoms with Gasteiger partial charge in [0.05, 0.1) is 6.04 Å². The van der Waals surface area contributed by atoms with Crippen LogP contribution in [0.15, 0.2) is 30.6 Å². The van der Waals surface area contributed by atoms with Gasteiger partial charge in [-0.1, -0.05) is 12.1 Å². The monoisotopic (exact) mass is 467 g/mol. The molecule has 34 heavy (non-hydrogen) atoms. The molecule has 10 heteroatoms. The summed E-state index contributed by atoms with van der Waals surface area (Å²) in [4.78, 5) is 35.4. The summed E-state index contributed by atoms with van der Waals surface area (Å²) in [5.74, 6) is 0.744. The first-order valence-corrected chi connectivity index (χ1v) is 12.1. The maximum absolute atomic E-state index is 13.3. The first-order chi connectivity index (χ1) is 16.4. The highest BCUT2D eigenvalue weighted by atomic mass is 19.1. The van der Waals surface area contributed by atoms with Gasteiger partial charge in [-0.05, 0) is 43.4 Å². The van der Waals surface area contributed by atoms with E-state index in [1.54, 1.807) is 12.1 Å². The number of nitrogens with two attached hydrogens (primary N) is 1. The number of carbonyl (C=O) groups excluding carboxylic acids is 2. The van der Waals surface area contributed by atoms with Crippen molar-refractivity contribution in [3.63, 3.8) is 0 Å². The summed E-state index contributed by atoms with van der Waals surface area (Å²) >= 11 is 0. The molecule has 2 aliphatic carbocycles. The number of amides is 3. The summed E-state index contributed by atoms with van der Waals surface area (Å²) in [6, 6.07) is 5.73. The standard InChI is InChI=1S/C24H30FN7O2/c25-18-5-3-16(4-6-18)20(21(26)33)29-7-9-30(10-8-29)23(34)31-13-24(14-31)11-19(12-24)32-15-27-22(28-32)17-1-2-17/h3-6,15,17,19-20H,1-2,7-14H2,(H2,26,33). The number of primary amides is 1. The molecule has 2 saturated carbocycles. The van der Waals surface area contributed by atoms with E-state index < -0.39 is 11.9 Å². The number of hydrogen-bond donors (Lipinski definition) is 1. The predicted octanol–water partition coefficient (Wildman–Crippen LogP) is 1.90. The average Bonchev–Trinajstić information content (AvgIpc) is 3.51. The third-order valence-corrected chi connectivity index (χ3v) is 7.91. The van der Waals surface area contributed by atoms with Gasteiger partial charge in [-0.3, -0.25) is 9.69 Å². The Balaban J connectivity index is 0.992. The number of carbonyl (C=O) groups is 2. The van der Waals surface area contributed by atoms with Crippen LogP contribution in [0.5, 0.6) is 0 Å². The average molecular weight is 468 g/mol. The molecule has 4 fully saturated rings. The highest BCUT2D eigenvalue weighted by Gasteiger charge is 2.55. The Bertz CT molecular complexity index is 1080. The topological polar surface area (TPSA) is 101 Å². The molecule has 2 N–H and O–H groups in total. The zero-order valence-electron chi connectivity index (χ0n) is 19.1. The van der Waals surface area contributed by atoms with Gasteiger partial charge in [-0.2, -0.15) is 5.10 Å². The molecule has 1 unspecified atom stereocenters. The minimum absolute atomic E-state index is 0.0721. The predicted molar refractivity (Wildman–Crippen MR) is 121 cm³/mol. The molecule has 9 nitrogen and oxygen atoms in total. The van der Waals surface area contributed by atoms with Crippen molar-refractivity contribution in [2.24, 2.45) is 11.1 Å². The van der Waals surface area contributed by atoms with Crippen LogP contribution in [-0.4, -0.2) is 80.7 Å². The molecule has 2 aromatic rings. The van der Waals surface area contributed by atoms with Crippen LogP contribution in [0.1, 0.15) is 55.1 Å². The van der Waals surface area contributed by atoms with Crippen LogP contribution < -0.4 is 5.73 Å². The lowest BCUT2D eigenvalue weighted by atomic mass is 9.61. The molecule has 3 amide bonds. The van der Waals surface area contributed by atoms with Crippen molar-refractivity contribution in [3.8, 4) is 0 Å². The fourth-order valence-corrected chi connectivity index (χ4v) is 5.85. The Labute approximate surface area is 197 Å². The number of piperazine rings is 1. The molecule has 2 aliphatic heterocycles. The van der Waals surface area contributed by atoms with Crippen LogP contribution in [0.25, 0.3) is 0 Å². The van der Waals surface area contributed by atoms with Crippen molar-refractivity contribution in [2.75, 3.05) is 39.3 Å². The Hall–Kier alpha value is -3.01. The number of aromatic nitrogens is 3. The third-order valence-electron chi connectivity index (χ3n) is 7.91. The van der Waals surface area contributed by atoms with Crippen LogP contribution in [0.4, 0.5) is 9.18 Å². The third kappa shape index (κ3) is 3.83. The van der Waals surface area contributed by atoms with Crippen molar-refractivity contribution < 1.29 is 14.0 Å².